The van der Waals surface area contributed by atoms with Crippen molar-refractivity contribution in [2.75, 3.05) is 7.11 Å². The molecule has 0 aliphatic heterocycles. The van der Waals surface area contributed by atoms with Gasteiger partial charge >= 0.3 is 0 Å². The smallest absolute Gasteiger partial charge is 0.164 e. The molecule has 0 unspecified atom stereocenters. The average Bonchev–Trinajstić information content (AvgIpc) is 3.01. The first-order valence-corrected chi connectivity index (χ1v) is 7.71. The highest BCUT2D eigenvalue weighted by atomic mass is 16.5. The molecule has 0 saturated carbocycles. The van der Waals surface area contributed by atoms with E-state index in [-0.39, 0.29) is 0 Å². The molecule has 0 N–H and O–H groups in total. The van der Waals surface area contributed by atoms with Gasteiger partial charge in [0, 0.05) is 25.0 Å². The molecule has 0 fully saturated rings. The molecule has 24 heavy (non-hydrogen) atoms. The number of hydrogen-bond acceptors (Lipinski definition) is 4. The second-order valence-electron chi connectivity index (χ2n) is 5.44. The van der Waals surface area contributed by atoms with Gasteiger partial charge in [0.1, 0.15) is 17.1 Å². The van der Waals surface area contributed by atoms with Crippen LogP contribution < -0.4 is 4.74 Å². The molecule has 0 aliphatic carbocycles. The monoisotopic (exact) mass is 316 g/mol. The van der Waals surface area contributed by atoms with E-state index in [9.17, 15) is 0 Å². The van der Waals surface area contributed by atoms with Crippen molar-refractivity contribution in [2.24, 2.45) is 0 Å². The number of methoxy groups -OCH3 is 1. The van der Waals surface area contributed by atoms with Gasteiger partial charge in [0.05, 0.1) is 12.8 Å². The van der Waals surface area contributed by atoms with Crippen LogP contribution in [0.3, 0.4) is 0 Å². The maximum Gasteiger partial charge on any atom is 0.164 e. The molecule has 3 heterocycles. The summed E-state index contributed by atoms with van der Waals surface area (Å²) in [6, 6.07) is 15.9. The molecule has 0 bridgehead atoms. The third-order valence-corrected chi connectivity index (χ3v) is 3.93. The first kappa shape index (κ1) is 14.4. The summed E-state index contributed by atoms with van der Waals surface area (Å²) in [5.74, 6) is 1.79. The predicted octanol–water partition coefficient (Wildman–Crippen LogP) is 3.41. The summed E-state index contributed by atoms with van der Waals surface area (Å²) in [5.41, 5.74) is 3.92. The van der Waals surface area contributed by atoms with Crippen molar-refractivity contribution in [1.82, 2.24) is 19.5 Å². The summed E-state index contributed by atoms with van der Waals surface area (Å²) in [5, 5.41) is 0. The van der Waals surface area contributed by atoms with Crippen LogP contribution in [0.5, 0.6) is 5.75 Å². The quantitative estimate of drug-likeness (QED) is 0.579. The second-order valence-corrected chi connectivity index (χ2v) is 5.44. The number of nitrogens with zero attached hydrogens (tertiary/aromatic N) is 4. The molecule has 3 aromatic heterocycles. The molecule has 5 heteroatoms. The summed E-state index contributed by atoms with van der Waals surface area (Å²) in [6.07, 6.45) is 6.06. The Labute approximate surface area is 139 Å². The molecule has 118 valence electrons. The zero-order chi connectivity index (χ0) is 16.4. The van der Waals surface area contributed by atoms with Crippen molar-refractivity contribution in [1.29, 1.82) is 0 Å². The van der Waals surface area contributed by atoms with E-state index in [1.165, 1.54) is 5.56 Å². The highest BCUT2D eigenvalue weighted by Crippen LogP contribution is 2.22. The van der Waals surface area contributed by atoms with Crippen LogP contribution in [-0.4, -0.2) is 26.6 Å². The molecule has 0 radical (unpaired) electrons. The number of imidazole rings is 1. The van der Waals surface area contributed by atoms with Crippen LogP contribution in [0.4, 0.5) is 0 Å². The lowest BCUT2D eigenvalue weighted by atomic mass is 10.1. The molecule has 4 aromatic rings. The number of benzene rings is 1. The lowest BCUT2D eigenvalue weighted by Gasteiger charge is -2.09. The molecule has 1 aromatic carbocycles. The van der Waals surface area contributed by atoms with Crippen LogP contribution in [-0.2, 0) is 6.42 Å². The van der Waals surface area contributed by atoms with Crippen molar-refractivity contribution < 1.29 is 4.74 Å². The molecule has 0 aliphatic rings. The summed E-state index contributed by atoms with van der Waals surface area (Å²) >= 11 is 0. The van der Waals surface area contributed by atoms with E-state index >= 15 is 0 Å². The van der Waals surface area contributed by atoms with Crippen molar-refractivity contribution in [3.63, 3.8) is 0 Å². The Morgan fingerprint density at radius 2 is 1.75 bits per heavy atom. The molecular weight excluding hydrogens is 300 g/mol. The highest BCUT2D eigenvalue weighted by molar-refractivity contribution is 5.73. The van der Waals surface area contributed by atoms with E-state index in [1.807, 2.05) is 36.4 Å². The van der Waals surface area contributed by atoms with Crippen LogP contribution in [0.25, 0.3) is 16.9 Å². The van der Waals surface area contributed by atoms with E-state index < -0.39 is 0 Å². The van der Waals surface area contributed by atoms with Gasteiger partial charge in [-0.05, 0) is 42.0 Å². The first-order chi connectivity index (χ1) is 11.8. The Hall–Kier alpha value is -3.21. The molecule has 0 amide bonds. The molecular formula is C19H16N4O. The lowest BCUT2D eigenvalue weighted by Crippen LogP contribution is -2.03. The maximum atomic E-state index is 5.22. The SMILES string of the molecule is COc1ccc(Cc2nc3cccnc3n2-c2ccncc2)cc1. The zero-order valence-electron chi connectivity index (χ0n) is 13.3. The lowest BCUT2D eigenvalue weighted by molar-refractivity contribution is 0.414. The number of aromatic nitrogens is 4. The van der Waals surface area contributed by atoms with Crippen molar-refractivity contribution in [3.8, 4) is 11.4 Å². The Kier molecular flexibility index (Phi) is 3.67. The van der Waals surface area contributed by atoms with E-state index in [0.717, 1.165) is 28.4 Å². The summed E-state index contributed by atoms with van der Waals surface area (Å²) in [4.78, 5) is 13.4. The minimum atomic E-state index is 0.711. The molecule has 0 spiro atoms. The van der Waals surface area contributed by atoms with E-state index in [4.69, 9.17) is 9.72 Å². The van der Waals surface area contributed by atoms with Gasteiger partial charge in [0.2, 0.25) is 0 Å². The highest BCUT2D eigenvalue weighted by Gasteiger charge is 2.13. The average molecular weight is 316 g/mol. The normalized spacial score (nSPS) is 10.9. The zero-order valence-corrected chi connectivity index (χ0v) is 13.3. The van der Waals surface area contributed by atoms with Gasteiger partial charge in [-0.1, -0.05) is 12.1 Å². The minimum Gasteiger partial charge on any atom is -0.497 e. The Bertz CT molecular complexity index is 962. The fourth-order valence-electron chi connectivity index (χ4n) is 2.77. The van der Waals surface area contributed by atoms with Gasteiger partial charge in [0.15, 0.2) is 5.65 Å². The van der Waals surface area contributed by atoms with Gasteiger partial charge in [-0.15, -0.1) is 0 Å². The summed E-state index contributed by atoms with van der Waals surface area (Å²) < 4.78 is 7.31. The number of hydrogen-bond donors (Lipinski definition) is 0. The van der Waals surface area contributed by atoms with E-state index in [1.54, 1.807) is 25.7 Å². The fraction of sp³-hybridized carbons (Fsp3) is 0.105. The second kappa shape index (κ2) is 6.12. The fourth-order valence-corrected chi connectivity index (χ4v) is 2.77. The van der Waals surface area contributed by atoms with Crippen LogP contribution in [0.2, 0.25) is 0 Å². The van der Waals surface area contributed by atoms with Crippen LogP contribution in [0.15, 0.2) is 67.1 Å². The first-order valence-electron chi connectivity index (χ1n) is 7.71. The van der Waals surface area contributed by atoms with E-state index in [0.29, 0.717) is 6.42 Å². The number of pyridine rings is 2. The van der Waals surface area contributed by atoms with Gasteiger partial charge in [-0.2, -0.15) is 0 Å². The van der Waals surface area contributed by atoms with Crippen molar-refractivity contribution in [3.05, 3.63) is 78.5 Å². The third-order valence-electron chi connectivity index (χ3n) is 3.93. The van der Waals surface area contributed by atoms with Gasteiger partial charge < -0.3 is 4.74 Å². The molecule has 0 saturated heterocycles. The van der Waals surface area contributed by atoms with E-state index in [2.05, 4.69) is 26.7 Å². The van der Waals surface area contributed by atoms with Gasteiger partial charge in [-0.25, -0.2) is 9.97 Å². The maximum absolute atomic E-state index is 5.22. The predicted molar refractivity (Wildman–Crippen MR) is 92.5 cm³/mol. The van der Waals surface area contributed by atoms with Gasteiger partial charge in [0.25, 0.3) is 0 Å². The molecule has 4 rings (SSSR count). The molecule has 5 nitrogen and oxygen atoms in total. The Morgan fingerprint density at radius 3 is 2.50 bits per heavy atom. The Morgan fingerprint density at radius 1 is 0.958 bits per heavy atom. The van der Waals surface area contributed by atoms with Crippen molar-refractivity contribution >= 4 is 11.2 Å². The number of fused-ring (bicyclic) bond motifs is 1. The topological polar surface area (TPSA) is 52.8 Å². The summed E-state index contributed by atoms with van der Waals surface area (Å²) in [6.45, 7) is 0. The third kappa shape index (κ3) is 2.60. The number of ether oxygens (including phenoxy) is 1. The van der Waals surface area contributed by atoms with Crippen LogP contribution >= 0.6 is 0 Å². The summed E-state index contributed by atoms with van der Waals surface area (Å²) in [7, 11) is 1.67. The minimum absolute atomic E-state index is 0.711. The van der Waals surface area contributed by atoms with Crippen LogP contribution in [0, 0.1) is 0 Å². The number of rotatable bonds is 4. The van der Waals surface area contributed by atoms with Crippen LogP contribution in [0.1, 0.15) is 11.4 Å². The standard InChI is InChI=1S/C19H16N4O/c1-24-16-6-4-14(5-7-16)13-18-22-17-3-2-10-21-19(17)23(18)15-8-11-20-12-9-15/h2-12H,13H2,1H3. The molecule has 0 atom stereocenters. The largest absolute Gasteiger partial charge is 0.497 e. The van der Waals surface area contributed by atoms with Gasteiger partial charge in [-0.3, -0.25) is 9.55 Å². The Balaban J connectivity index is 1.82. The van der Waals surface area contributed by atoms with Crippen molar-refractivity contribution in [2.45, 2.75) is 6.42 Å².